The minimum Gasteiger partial charge on any atom is -0.493 e. The zero-order valence-corrected chi connectivity index (χ0v) is 21.4. The second kappa shape index (κ2) is 10.3. The Morgan fingerprint density at radius 3 is 2.39 bits per heavy atom. The van der Waals surface area contributed by atoms with Crippen LogP contribution in [0.2, 0.25) is 5.02 Å². The number of aryl methyl sites for hydroxylation is 3. The highest BCUT2D eigenvalue weighted by Crippen LogP contribution is 2.37. The van der Waals surface area contributed by atoms with Crippen molar-refractivity contribution >= 4 is 34.2 Å². The number of benzene rings is 3. The van der Waals surface area contributed by atoms with Crippen LogP contribution in [0.5, 0.6) is 17.2 Å². The molecule has 8 heteroatoms. The fourth-order valence-electron chi connectivity index (χ4n) is 4.06. The molecule has 7 nitrogen and oxygen atoms in total. The third-order valence-corrected chi connectivity index (χ3v) is 5.99. The highest BCUT2D eigenvalue weighted by atomic mass is 35.5. The normalized spacial score (nSPS) is 10.8. The maximum Gasteiger partial charge on any atom is 0.262 e. The van der Waals surface area contributed by atoms with Crippen molar-refractivity contribution in [1.82, 2.24) is 0 Å². The van der Waals surface area contributed by atoms with Crippen LogP contribution in [0.1, 0.15) is 16.7 Å². The highest BCUT2D eigenvalue weighted by molar-refractivity contribution is 6.30. The van der Waals surface area contributed by atoms with E-state index in [0.29, 0.717) is 38.7 Å². The largest absolute Gasteiger partial charge is 0.493 e. The summed E-state index contributed by atoms with van der Waals surface area (Å²) in [6.45, 7) is 5.20. The fraction of sp³-hybridized carbons (Fsp3) is 0.214. The molecule has 4 rings (SSSR count). The van der Waals surface area contributed by atoms with Gasteiger partial charge in [-0.15, -0.1) is 0 Å². The maximum atomic E-state index is 13.6. The molecule has 4 aromatic rings. The molecular weight excluding hydrogens is 482 g/mol. The van der Waals surface area contributed by atoms with Crippen molar-refractivity contribution in [1.29, 1.82) is 0 Å². The van der Waals surface area contributed by atoms with Gasteiger partial charge in [0.25, 0.3) is 5.91 Å². The van der Waals surface area contributed by atoms with Crippen LogP contribution >= 0.6 is 11.6 Å². The van der Waals surface area contributed by atoms with Gasteiger partial charge in [0.15, 0.2) is 23.9 Å². The molecule has 0 radical (unpaired) electrons. The number of ether oxygens (including phenoxy) is 3. The summed E-state index contributed by atoms with van der Waals surface area (Å²) in [7, 11) is 3.06. The second-order valence-electron chi connectivity index (χ2n) is 8.41. The minimum absolute atomic E-state index is 0.0651. The van der Waals surface area contributed by atoms with Crippen LogP contribution in [-0.2, 0) is 4.79 Å². The summed E-state index contributed by atoms with van der Waals surface area (Å²) in [5, 5.41) is 3.75. The molecule has 3 aromatic carbocycles. The van der Waals surface area contributed by atoms with Crippen molar-refractivity contribution in [2.75, 3.05) is 26.1 Å². The van der Waals surface area contributed by atoms with Crippen LogP contribution < -0.4 is 25.0 Å². The Morgan fingerprint density at radius 1 is 0.944 bits per heavy atom. The smallest absolute Gasteiger partial charge is 0.262 e. The van der Waals surface area contributed by atoms with Gasteiger partial charge >= 0.3 is 0 Å². The summed E-state index contributed by atoms with van der Waals surface area (Å²) in [5.74, 6) is 0.675. The monoisotopic (exact) mass is 507 g/mol. The molecule has 0 unspecified atom stereocenters. The number of fused-ring (bicyclic) bond motifs is 1. The van der Waals surface area contributed by atoms with Gasteiger partial charge in [0.1, 0.15) is 5.58 Å². The lowest BCUT2D eigenvalue weighted by molar-refractivity contribution is -0.118. The van der Waals surface area contributed by atoms with Gasteiger partial charge in [-0.3, -0.25) is 9.59 Å². The number of amides is 1. The number of halogens is 1. The van der Waals surface area contributed by atoms with Crippen molar-refractivity contribution in [2.45, 2.75) is 20.8 Å². The van der Waals surface area contributed by atoms with Gasteiger partial charge in [0, 0.05) is 16.3 Å². The Kier molecular flexibility index (Phi) is 7.22. The predicted octanol–water partition coefficient (Wildman–Crippen LogP) is 6.07. The predicted molar refractivity (Wildman–Crippen MR) is 141 cm³/mol. The molecule has 0 bridgehead atoms. The van der Waals surface area contributed by atoms with E-state index >= 15 is 0 Å². The van der Waals surface area contributed by atoms with Crippen LogP contribution in [0.15, 0.2) is 57.7 Å². The molecule has 0 atom stereocenters. The van der Waals surface area contributed by atoms with Crippen LogP contribution in [0.25, 0.3) is 22.3 Å². The summed E-state index contributed by atoms with van der Waals surface area (Å²) in [5.41, 5.74) is 3.71. The standard InChI is InChI=1S/C28H26ClNO6/c1-15-10-17(3)25-23(11-15)36-27(18-6-9-21(33-4)22(13-18)34-5)28(26(25)32)35-14-24(31)30-20-8-7-19(29)12-16(20)2/h6-13H,14H2,1-5H3,(H,30,31). The van der Waals surface area contributed by atoms with Gasteiger partial charge < -0.3 is 23.9 Å². The lowest BCUT2D eigenvalue weighted by atomic mass is 10.0. The first-order valence-electron chi connectivity index (χ1n) is 11.2. The highest BCUT2D eigenvalue weighted by Gasteiger charge is 2.21. The SMILES string of the molecule is COc1ccc(-c2oc3cc(C)cc(C)c3c(=O)c2OCC(=O)Nc2ccc(Cl)cc2C)cc1OC. The quantitative estimate of drug-likeness (QED) is 0.326. The van der Waals surface area contributed by atoms with E-state index in [1.807, 2.05) is 26.8 Å². The molecule has 0 spiro atoms. The van der Waals surface area contributed by atoms with E-state index in [0.717, 1.165) is 16.7 Å². The number of rotatable bonds is 7. The molecule has 1 N–H and O–H groups in total. The zero-order valence-electron chi connectivity index (χ0n) is 20.7. The maximum absolute atomic E-state index is 13.6. The van der Waals surface area contributed by atoms with E-state index in [1.54, 1.807) is 42.5 Å². The summed E-state index contributed by atoms with van der Waals surface area (Å²) >= 11 is 6.00. The van der Waals surface area contributed by atoms with Crippen molar-refractivity contribution < 1.29 is 23.4 Å². The van der Waals surface area contributed by atoms with Gasteiger partial charge in [0.05, 0.1) is 19.6 Å². The first kappa shape index (κ1) is 25.1. The van der Waals surface area contributed by atoms with Gasteiger partial charge in [-0.2, -0.15) is 0 Å². The summed E-state index contributed by atoms with van der Waals surface area (Å²) in [6.07, 6.45) is 0. The van der Waals surface area contributed by atoms with Crippen LogP contribution in [0.3, 0.4) is 0 Å². The number of anilines is 1. The molecule has 1 heterocycles. The third-order valence-electron chi connectivity index (χ3n) is 5.75. The molecule has 0 aliphatic rings. The van der Waals surface area contributed by atoms with Gasteiger partial charge in [0.2, 0.25) is 11.2 Å². The summed E-state index contributed by atoms with van der Waals surface area (Å²) in [6, 6.07) is 14.0. The molecule has 0 aliphatic heterocycles. The van der Waals surface area contributed by atoms with Gasteiger partial charge in [-0.25, -0.2) is 0 Å². The van der Waals surface area contributed by atoms with Crippen LogP contribution in [0.4, 0.5) is 5.69 Å². The summed E-state index contributed by atoms with van der Waals surface area (Å²) < 4.78 is 22.8. The second-order valence-corrected chi connectivity index (χ2v) is 8.85. The molecule has 36 heavy (non-hydrogen) atoms. The number of nitrogens with one attached hydrogen (secondary N) is 1. The number of hydrogen-bond donors (Lipinski definition) is 1. The molecule has 1 aromatic heterocycles. The van der Waals surface area contributed by atoms with Crippen molar-refractivity contribution in [2.24, 2.45) is 0 Å². The Labute approximate surface area is 213 Å². The Morgan fingerprint density at radius 2 is 1.69 bits per heavy atom. The topological polar surface area (TPSA) is 87.0 Å². The molecule has 0 saturated heterocycles. The lowest BCUT2D eigenvalue weighted by Crippen LogP contribution is -2.23. The molecule has 0 saturated carbocycles. The van der Waals surface area contributed by atoms with Crippen molar-refractivity contribution in [3.05, 3.63) is 80.5 Å². The average molecular weight is 508 g/mol. The van der Waals surface area contributed by atoms with E-state index in [9.17, 15) is 9.59 Å². The molecule has 0 fully saturated rings. The average Bonchev–Trinajstić information content (AvgIpc) is 2.84. The summed E-state index contributed by atoms with van der Waals surface area (Å²) in [4.78, 5) is 26.3. The van der Waals surface area contributed by atoms with E-state index in [1.165, 1.54) is 14.2 Å². The van der Waals surface area contributed by atoms with E-state index < -0.39 is 12.5 Å². The number of hydrogen-bond acceptors (Lipinski definition) is 6. The Balaban J connectivity index is 1.77. The van der Waals surface area contributed by atoms with Crippen molar-refractivity contribution in [3.63, 3.8) is 0 Å². The number of carbonyl (C=O) groups excluding carboxylic acids is 1. The third kappa shape index (κ3) is 5.02. The van der Waals surface area contributed by atoms with E-state index in [-0.39, 0.29) is 16.9 Å². The van der Waals surface area contributed by atoms with Gasteiger partial charge in [-0.1, -0.05) is 17.7 Å². The lowest BCUT2D eigenvalue weighted by Gasteiger charge is -2.15. The Bertz CT molecular complexity index is 1530. The first-order chi connectivity index (χ1) is 17.2. The van der Waals surface area contributed by atoms with Gasteiger partial charge in [-0.05, 0) is 79.9 Å². The Hall–Kier alpha value is -3.97. The molecule has 1 amide bonds. The van der Waals surface area contributed by atoms with Crippen LogP contribution in [-0.4, -0.2) is 26.7 Å². The van der Waals surface area contributed by atoms with E-state index in [2.05, 4.69) is 5.32 Å². The van der Waals surface area contributed by atoms with E-state index in [4.69, 9.17) is 30.2 Å². The number of methoxy groups -OCH3 is 2. The molecule has 0 aliphatic carbocycles. The first-order valence-corrected chi connectivity index (χ1v) is 11.6. The molecular formula is C28H26ClNO6. The van der Waals surface area contributed by atoms with Crippen LogP contribution in [0, 0.1) is 20.8 Å². The fourth-order valence-corrected chi connectivity index (χ4v) is 4.29. The minimum atomic E-state index is -0.432. The zero-order chi connectivity index (χ0) is 26.0. The molecule has 186 valence electrons. The number of carbonyl (C=O) groups is 1. The van der Waals surface area contributed by atoms with Crippen molar-refractivity contribution in [3.8, 4) is 28.6 Å².